The highest BCUT2D eigenvalue weighted by Gasteiger charge is 2.54. The van der Waals surface area contributed by atoms with Crippen LogP contribution in [0, 0.1) is 0 Å². The summed E-state index contributed by atoms with van der Waals surface area (Å²) < 4.78 is 10.3. The number of nitrogens with zero attached hydrogens (tertiary/aromatic N) is 3. The van der Waals surface area contributed by atoms with Gasteiger partial charge in [-0.15, -0.1) is 0 Å². The molecule has 6 heteroatoms. The monoisotopic (exact) mass is 285 g/mol. The summed E-state index contributed by atoms with van der Waals surface area (Å²) in [7, 11) is 0. The molecule has 1 saturated heterocycles. The van der Waals surface area contributed by atoms with Gasteiger partial charge in [0.25, 0.3) is 0 Å². The van der Waals surface area contributed by atoms with Gasteiger partial charge in [0.15, 0.2) is 0 Å². The van der Waals surface area contributed by atoms with E-state index in [0.29, 0.717) is 5.69 Å². The number of aromatic nitrogens is 3. The van der Waals surface area contributed by atoms with Gasteiger partial charge in [-0.05, 0) is 31.4 Å². The van der Waals surface area contributed by atoms with Crippen molar-refractivity contribution in [2.45, 2.75) is 43.6 Å². The molecule has 4 heterocycles. The first kappa shape index (κ1) is 11.6. The third kappa shape index (κ3) is 1.40. The minimum atomic E-state index is -0.239. The van der Waals surface area contributed by atoms with Crippen molar-refractivity contribution in [3.8, 4) is 5.69 Å². The maximum absolute atomic E-state index is 12.8. The maximum Gasteiger partial charge on any atom is 0.352 e. The van der Waals surface area contributed by atoms with Gasteiger partial charge in [0.05, 0.1) is 23.9 Å². The summed E-state index contributed by atoms with van der Waals surface area (Å²) in [5.74, 6) is 0. The second kappa shape index (κ2) is 3.76. The second-order valence-electron chi connectivity index (χ2n) is 6.10. The number of rotatable bonds is 1. The van der Waals surface area contributed by atoms with Gasteiger partial charge < -0.3 is 4.74 Å². The molecule has 0 radical (unpaired) electrons. The van der Waals surface area contributed by atoms with Gasteiger partial charge in [0, 0.05) is 0 Å². The van der Waals surface area contributed by atoms with Crippen LogP contribution in [0.4, 0.5) is 0 Å². The Hall–Kier alpha value is -2.08. The Balaban J connectivity index is 1.81. The van der Waals surface area contributed by atoms with Gasteiger partial charge >= 0.3 is 11.4 Å². The van der Waals surface area contributed by atoms with Crippen LogP contribution in [0.3, 0.4) is 0 Å². The van der Waals surface area contributed by atoms with E-state index in [1.165, 1.54) is 4.57 Å². The molecule has 3 aliphatic heterocycles. The molecule has 2 bridgehead atoms. The number of hydrogen-bond acceptors (Lipinski definition) is 3. The largest absolute Gasteiger partial charge is 0.367 e. The topological polar surface area (TPSA) is 61.5 Å². The van der Waals surface area contributed by atoms with Crippen molar-refractivity contribution in [3.05, 3.63) is 51.3 Å². The summed E-state index contributed by atoms with van der Waals surface area (Å²) in [6.07, 6.45) is 3.08. The number of benzene rings is 1. The van der Waals surface area contributed by atoms with Crippen LogP contribution in [0.2, 0.25) is 0 Å². The molecule has 2 unspecified atom stereocenters. The summed E-state index contributed by atoms with van der Waals surface area (Å²) in [6.45, 7) is 0. The predicted octanol–water partition coefficient (Wildman–Crippen LogP) is 0.848. The quantitative estimate of drug-likeness (QED) is 0.730. The van der Waals surface area contributed by atoms with E-state index < -0.39 is 0 Å². The number of hydrogen-bond donors (Lipinski definition) is 0. The Morgan fingerprint density at radius 1 is 1.00 bits per heavy atom. The predicted molar refractivity (Wildman–Crippen MR) is 74.9 cm³/mol. The van der Waals surface area contributed by atoms with Crippen molar-refractivity contribution in [3.63, 3.8) is 0 Å². The molecule has 1 saturated carbocycles. The molecule has 1 aliphatic carbocycles. The molecule has 6 rings (SSSR count). The summed E-state index contributed by atoms with van der Waals surface area (Å²) in [5.41, 5.74) is 0.174. The highest BCUT2D eigenvalue weighted by Crippen LogP contribution is 2.47. The lowest BCUT2D eigenvalue weighted by molar-refractivity contribution is 0.163. The van der Waals surface area contributed by atoms with E-state index in [-0.39, 0.29) is 35.7 Å². The fourth-order valence-electron chi connectivity index (χ4n) is 3.98. The zero-order valence-corrected chi connectivity index (χ0v) is 11.4. The van der Waals surface area contributed by atoms with Gasteiger partial charge in [-0.3, -0.25) is 0 Å². The van der Waals surface area contributed by atoms with Crippen molar-refractivity contribution in [1.82, 2.24) is 13.9 Å². The van der Waals surface area contributed by atoms with Crippen LogP contribution in [0.15, 0.2) is 39.9 Å². The number of ether oxygens (including phenoxy) is 1. The minimum absolute atomic E-state index is 0.0129. The SMILES string of the molecule is O=c1n(-c2ccccc2)c(=O)n2n1C1CCC2[C@@H]2O[C@@H]2C1. The Morgan fingerprint density at radius 3 is 2.57 bits per heavy atom. The van der Waals surface area contributed by atoms with Gasteiger partial charge in [0.1, 0.15) is 6.10 Å². The second-order valence-corrected chi connectivity index (χ2v) is 6.10. The molecular weight excluding hydrogens is 270 g/mol. The molecule has 0 amide bonds. The first-order valence-corrected chi connectivity index (χ1v) is 7.42. The van der Waals surface area contributed by atoms with Gasteiger partial charge in [-0.2, -0.15) is 0 Å². The zero-order chi connectivity index (χ0) is 14.1. The first-order chi connectivity index (χ1) is 10.3. The summed E-state index contributed by atoms with van der Waals surface area (Å²) in [4.78, 5) is 25.6. The average molecular weight is 285 g/mol. The molecule has 4 aliphatic rings. The fraction of sp³-hybridized carbons (Fsp3) is 0.467. The van der Waals surface area contributed by atoms with E-state index in [4.69, 9.17) is 4.74 Å². The summed E-state index contributed by atoms with van der Waals surface area (Å²) in [5, 5.41) is 0. The van der Waals surface area contributed by atoms with Gasteiger partial charge in [0.2, 0.25) is 0 Å². The molecule has 0 N–H and O–H groups in total. The molecule has 108 valence electrons. The summed E-state index contributed by atoms with van der Waals surface area (Å²) >= 11 is 0. The van der Waals surface area contributed by atoms with E-state index in [2.05, 4.69) is 0 Å². The fourth-order valence-corrected chi connectivity index (χ4v) is 3.98. The van der Waals surface area contributed by atoms with E-state index in [1.807, 2.05) is 18.2 Å². The zero-order valence-electron chi connectivity index (χ0n) is 11.4. The van der Waals surface area contributed by atoms with Crippen LogP contribution in [-0.4, -0.2) is 26.1 Å². The Kier molecular flexibility index (Phi) is 2.07. The standard InChI is InChI=1S/C15H15N3O3/c19-14-16(9-4-2-1-3-5-9)15(20)18-11-7-6-10(17(14)18)8-12-13(11)21-12/h1-5,10-13H,6-8H2/t10?,11?,12-,13+/m1/s1. The van der Waals surface area contributed by atoms with Crippen LogP contribution < -0.4 is 11.4 Å². The Bertz CT molecular complexity index is 832. The van der Waals surface area contributed by atoms with Crippen molar-refractivity contribution < 1.29 is 4.74 Å². The maximum atomic E-state index is 12.8. The molecule has 1 aromatic heterocycles. The number of epoxide rings is 1. The van der Waals surface area contributed by atoms with Crippen LogP contribution >= 0.6 is 0 Å². The van der Waals surface area contributed by atoms with E-state index >= 15 is 0 Å². The molecule has 6 nitrogen and oxygen atoms in total. The smallest absolute Gasteiger partial charge is 0.352 e. The van der Waals surface area contributed by atoms with Crippen molar-refractivity contribution in [2.24, 2.45) is 0 Å². The molecule has 0 spiro atoms. The lowest BCUT2D eigenvalue weighted by Gasteiger charge is -2.28. The van der Waals surface area contributed by atoms with Gasteiger partial charge in [-0.1, -0.05) is 18.2 Å². The third-order valence-corrected chi connectivity index (χ3v) is 4.98. The number of fused-ring (bicyclic) bond motifs is 1. The minimum Gasteiger partial charge on any atom is -0.367 e. The normalized spacial score (nSPS) is 32.4. The first-order valence-electron chi connectivity index (χ1n) is 7.42. The van der Waals surface area contributed by atoms with Crippen molar-refractivity contribution in [1.29, 1.82) is 0 Å². The van der Waals surface area contributed by atoms with E-state index in [1.54, 1.807) is 21.5 Å². The summed E-state index contributed by atoms with van der Waals surface area (Å²) in [6, 6.07) is 9.23. The average Bonchev–Trinajstić information content (AvgIpc) is 3.23. The lowest BCUT2D eigenvalue weighted by atomic mass is 10.1. The van der Waals surface area contributed by atoms with E-state index in [0.717, 1.165) is 19.3 Å². The van der Waals surface area contributed by atoms with E-state index in [9.17, 15) is 9.59 Å². The van der Waals surface area contributed by atoms with Crippen LogP contribution in [0.5, 0.6) is 0 Å². The highest BCUT2D eigenvalue weighted by molar-refractivity contribution is 5.30. The van der Waals surface area contributed by atoms with Gasteiger partial charge in [-0.25, -0.2) is 23.5 Å². The van der Waals surface area contributed by atoms with Crippen LogP contribution in [-0.2, 0) is 4.74 Å². The Labute approximate surface area is 120 Å². The van der Waals surface area contributed by atoms with Crippen molar-refractivity contribution >= 4 is 0 Å². The lowest BCUT2D eigenvalue weighted by Crippen LogP contribution is -2.37. The highest BCUT2D eigenvalue weighted by atomic mass is 16.6. The third-order valence-electron chi connectivity index (χ3n) is 4.98. The molecule has 2 fully saturated rings. The molecule has 4 atom stereocenters. The molecular formula is C15H15N3O3. The Morgan fingerprint density at radius 2 is 1.76 bits per heavy atom. The number of para-hydroxylation sites is 1. The van der Waals surface area contributed by atoms with Crippen molar-refractivity contribution in [2.75, 3.05) is 0 Å². The van der Waals surface area contributed by atoms with Crippen LogP contribution in [0.1, 0.15) is 31.3 Å². The molecule has 1 aromatic carbocycles. The molecule has 21 heavy (non-hydrogen) atoms. The van der Waals surface area contributed by atoms with Crippen LogP contribution in [0.25, 0.3) is 5.69 Å². The molecule has 2 aromatic rings.